The molecule has 0 saturated carbocycles. The van der Waals surface area contributed by atoms with Crippen molar-refractivity contribution in [1.82, 2.24) is 9.78 Å². The molecule has 1 N–H and O–H groups in total. The first kappa shape index (κ1) is 15.0. The maximum absolute atomic E-state index is 11.6. The van der Waals surface area contributed by atoms with Crippen molar-refractivity contribution in [3.05, 3.63) is 11.8 Å². The van der Waals surface area contributed by atoms with E-state index >= 15 is 0 Å². The zero-order chi connectivity index (χ0) is 15.1. The summed E-state index contributed by atoms with van der Waals surface area (Å²) in [6.45, 7) is 7.52. The molecule has 0 radical (unpaired) electrons. The van der Waals surface area contributed by atoms with Gasteiger partial charge >= 0.3 is 0 Å². The molecule has 1 amide bonds. The summed E-state index contributed by atoms with van der Waals surface area (Å²) < 4.78 is 24.9. The summed E-state index contributed by atoms with van der Waals surface area (Å²) in [6.07, 6.45) is 0.542. The first-order valence-corrected chi connectivity index (χ1v) is 8.49. The van der Waals surface area contributed by atoms with E-state index in [0.29, 0.717) is 12.2 Å². The van der Waals surface area contributed by atoms with Crippen LogP contribution < -0.4 is 5.32 Å². The number of carbonyl (C=O) groups excluding carboxylic acids is 1. The van der Waals surface area contributed by atoms with Crippen molar-refractivity contribution in [1.29, 1.82) is 0 Å². The smallest absolute Gasteiger partial charge is 0.222 e. The molecule has 0 aliphatic carbocycles. The number of hydrogen-bond acceptors (Lipinski definition) is 4. The van der Waals surface area contributed by atoms with Gasteiger partial charge in [-0.2, -0.15) is 5.10 Å². The van der Waals surface area contributed by atoms with Crippen LogP contribution in [0.5, 0.6) is 0 Å². The standard InChI is InChI=1S/C13H21N3O3S/c1-9(17)14-12-7-11(13(2,3)4)15-16(12)10-5-6-20(18,19)8-10/h7,10H,5-6,8H2,1-4H3,(H,14,17). The Hall–Kier alpha value is -1.37. The molecule has 0 spiro atoms. The number of amides is 1. The fourth-order valence-electron chi connectivity index (χ4n) is 2.28. The van der Waals surface area contributed by atoms with Crippen LogP contribution in [0.4, 0.5) is 5.82 Å². The van der Waals surface area contributed by atoms with Gasteiger partial charge in [0.25, 0.3) is 0 Å². The van der Waals surface area contributed by atoms with E-state index in [-0.39, 0.29) is 28.9 Å². The van der Waals surface area contributed by atoms with Crippen molar-refractivity contribution in [3.8, 4) is 0 Å². The van der Waals surface area contributed by atoms with Crippen LogP contribution in [0.3, 0.4) is 0 Å². The second-order valence-electron chi connectivity index (χ2n) is 6.35. The predicted octanol–water partition coefficient (Wildman–Crippen LogP) is 1.50. The summed E-state index contributed by atoms with van der Waals surface area (Å²) in [4.78, 5) is 11.3. The Kier molecular flexibility index (Phi) is 3.66. The van der Waals surface area contributed by atoms with Gasteiger partial charge in [0.1, 0.15) is 5.82 Å². The third-order valence-electron chi connectivity index (χ3n) is 3.36. The van der Waals surface area contributed by atoms with E-state index in [1.807, 2.05) is 26.8 Å². The molecule has 1 saturated heterocycles. The molecule has 1 aliphatic rings. The van der Waals surface area contributed by atoms with Crippen molar-refractivity contribution in [2.45, 2.75) is 45.6 Å². The summed E-state index contributed by atoms with van der Waals surface area (Å²) in [6, 6.07) is 1.63. The number of sulfone groups is 1. The summed E-state index contributed by atoms with van der Waals surface area (Å²) >= 11 is 0. The summed E-state index contributed by atoms with van der Waals surface area (Å²) in [5.41, 5.74) is 0.682. The van der Waals surface area contributed by atoms with Crippen molar-refractivity contribution in [2.24, 2.45) is 0 Å². The van der Waals surface area contributed by atoms with Gasteiger partial charge in [0.2, 0.25) is 5.91 Å². The zero-order valence-corrected chi connectivity index (χ0v) is 13.1. The summed E-state index contributed by atoms with van der Waals surface area (Å²) in [5, 5.41) is 7.26. The third-order valence-corrected chi connectivity index (χ3v) is 5.11. The lowest BCUT2D eigenvalue weighted by Gasteiger charge is -2.15. The van der Waals surface area contributed by atoms with E-state index in [1.54, 1.807) is 4.68 Å². The summed E-state index contributed by atoms with van der Waals surface area (Å²) in [5.74, 6) is 0.657. The van der Waals surface area contributed by atoms with E-state index in [4.69, 9.17) is 0 Å². The Morgan fingerprint density at radius 2 is 2.10 bits per heavy atom. The second-order valence-corrected chi connectivity index (χ2v) is 8.58. The highest BCUT2D eigenvalue weighted by Crippen LogP contribution is 2.30. The normalized spacial score (nSPS) is 21.9. The number of nitrogens with one attached hydrogen (secondary N) is 1. The van der Waals surface area contributed by atoms with E-state index in [2.05, 4.69) is 10.4 Å². The molecule has 1 aromatic rings. The Morgan fingerprint density at radius 3 is 2.55 bits per heavy atom. The van der Waals surface area contributed by atoms with Gasteiger partial charge in [0.15, 0.2) is 9.84 Å². The minimum atomic E-state index is -2.99. The third kappa shape index (κ3) is 3.20. The molecule has 1 fully saturated rings. The minimum absolute atomic E-state index is 0.0881. The number of rotatable bonds is 2. The second kappa shape index (κ2) is 4.87. The van der Waals surface area contributed by atoms with Crippen LogP contribution in [0.1, 0.15) is 45.9 Å². The van der Waals surface area contributed by atoms with E-state index in [1.165, 1.54) is 6.92 Å². The largest absolute Gasteiger partial charge is 0.311 e. The highest BCUT2D eigenvalue weighted by atomic mass is 32.2. The van der Waals surface area contributed by atoms with Gasteiger partial charge in [0, 0.05) is 18.4 Å². The monoisotopic (exact) mass is 299 g/mol. The number of carbonyl (C=O) groups is 1. The molecule has 1 aromatic heterocycles. The maximum Gasteiger partial charge on any atom is 0.222 e. The SMILES string of the molecule is CC(=O)Nc1cc(C(C)(C)C)nn1C1CCS(=O)(=O)C1. The van der Waals surface area contributed by atoms with Gasteiger partial charge in [-0.1, -0.05) is 20.8 Å². The lowest BCUT2D eigenvalue weighted by atomic mass is 9.92. The molecule has 1 aliphatic heterocycles. The molecule has 1 atom stereocenters. The van der Waals surface area contributed by atoms with Crippen molar-refractivity contribution in [2.75, 3.05) is 16.8 Å². The zero-order valence-electron chi connectivity index (χ0n) is 12.3. The van der Waals surface area contributed by atoms with Crippen LogP contribution in [0.25, 0.3) is 0 Å². The van der Waals surface area contributed by atoms with Crippen molar-refractivity contribution >= 4 is 21.6 Å². The molecule has 2 heterocycles. The van der Waals surface area contributed by atoms with E-state index < -0.39 is 9.84 Å². The minimum Gasteiger partial charge on any atom is -0.311 e. The highest BCUT2D eigenvalue weighted by molar-refractivity contribution is 7.91. The van der Waals surface area contributed by atoms with Crippen LogP contribution in [0.15, 0.2) is 6.07 Å². The topological polar surface area (TPSA) is 81.1 Å². The number of hydrogen-bond donors (Lipinski definition) is 1. The lowest BCUT2D eigenvalue weighted by molar-refractivity contribution is -0.114. The van der Waals surface area contributed by atoms with Crippen LogP contribution in [-0.2, 0) is 20.0 Å². The van der Waals surface area contributed by atoms with Crippen molar-refractivity contribution < 1.29 is 13.2 Å². The van der Waals surface area contributed by atoms with Gasteiger partial charge in [0.05, 0.1) is 23.2 Å². The molecule has 112 valence electrons. The van der Waals surface area contributed by atoms with Crippen LogP contribution >= 0.6 is 0 Å². The highest BCUT2D eigenvalue weighted by Gasteiger charge is 2.32. The fraction of sp³-hybridized carbons (Fsp3) is 0.692. The Balaban J connectivity index is 2.40. The molecular weight excluding hydrogens is 278 g/mol. The number of nitrogens with zero attached hydrogens (tertiary/aromatic N) is 2. The molecule has 20 heavy (non-hydrogen) atoms. The Bertz CT molecular complexity index is 626. The molecule has 7 heteroatoms. The quantitative estimate of drug-likeness (QED) is 0.897. The van der Waals surface area contributed by atoms with Crippen LogP contribution in [0, 0.1) is 0 Å². The molecule has 0 bridgehead atoms. The lowest BCUT2D eigenvalue weighted by Crippen LogP contribution is -2.18. The average Bonchev–Trinajstić information content (AvgIpc) is 2.80. The van der Waals surface area contributed by atoms with Gasteiger partial charge in [-0.25, -0.2) is 13.1 Å². The summed E-state index contributed by atoms with van der Waals surface area (Å²) in [7, 11) is -2.99. The van der Waals surface area contributed by atoms with E-state index in [9.17, 15) is 13.2 Å². The number of aromatic nitrogens is 2. The van der Waals surface area contributed by atoms with Crippen LogP contribution in [-0.4, -0.2) is 35.6 Å². The van der Waals surface area contributed by atoms with Gasteiger partial charge in [-0.3, -0.25) is 4.79 Å². The molecule has 6 nitrogen and oxygen atoms in total. The molecule has 0 aromatic carbocycles. The Morgan fingerprint density at radius 1 is 1.45 bits per heavy atom. The van der Waals surface area contributed by atoms with Gasteiger partial charge in [-0.05, 0) is 6.42 Å². The first-order valence-electron chi connectivity index (χ1n) is 6.66. The fourth-order valence-corrected chi connectivity index (χ4v) is 3.97. The van der Waals surface area contributed by atoms with Crippen molar-refractivity contribution in [3.63, 3.8) is 0 Å². The average molecular weight is 299 g/mol. The maximum atomic E-state index is 11.6. The first-order chi connectivity index (χ1) is 9.08. The molecule has 2 rings (SSSR count). The number of anilines is 1. The van der Waals surface area contributed by atoms with E-state index in [0.717, 1.165) is 5.69 Å². The molecular formula is C13H21N3O3S. The predicted molar refractivity (Wildman–Crippen MR) is 77.5 cm³/mol. The van der Waals surface area contributed by atoms with Gasteiger partial charge < -0.3 is 5.32 Å². The molecule has 1 unspecified atom stereocenters. The Labute approximate surface area is 119 Å². The van der Waals surface area contributed by atoms with Gasteiger partial charge in [-0.15, -0.1) is 0 Å². The van der Waals surface area contributed by atoms with Crippen LogP contribution in [0.2, 0.25) is 0 Å².